The molecule has 0 aliphatic heterocycles. The van der Waals surface area contributed by atoms with Crippen molar-refractivity contribution < 1.29 is 18.0 Å². The van der Waals surface area contributed by atoms with Gasteiger partial charge in [0.15, 0.2) is 0 Å². The first-order valence-electron chi connectivity index (χ1n) is 5.49. The SMILES string of the molecule is Cc1cc(F)ccc1C(=O)N(CCN)CC(F)F. The molecule has 0 bridgehead atoms. The summed E-state index contributed by atoms with van der Waals surface area (Å²) >= 11 is 0. The molecule has 100 valence electrons. The standard InChI is InChI=1S/C12H15F3N2O/c1-8-6-9(13)2-3-10(8)12(18)17(5-4-16)7-11(14)15/h2-3,6,11H,4-5,7,16H2,1H3. The summed E-state index contributed by atoms with van der Waals surface area (Å²) < 4.78 is 37.6. The molecule has 0 unspecified atom stereocenters. The van der Waals surface area contributed by atoms with Crippen molar-refractivity contribution in [3.63, 3.8) is 0 Å². The zero-order valence-electron chi connectivity index (χ0n) is 10.00. The number of nitrogens with two attached hydrogens (primary N) is 1. The second-order valence-electron chi connectivity index (χ2n) is 3.89. The molecule has 1 aromatic carbocycles. The van der Waals surface area contributed by atoms with Gasteiger partial charge in [-0.15, -0.1) is 0 Å². The minimum atomic E-state index is -2.62. The summed E-state index contributed by atoms with van der Waals surface area (Å²) in [6.45, 7) is 1.02. The van der Waals surface area contributed by atoms with E-state index in [2.05, 4.69) is 0 Å². The van der Waals surface area contributed by atoms with E-state index < -0.39 is 24.7 Å². The summed E-state index contributed by atoms with van der Waals surface area (Å²) in [4.78, 5) is 13.0. The van der Waals surface area contributed by atoms with Crippen LogP contribution >= 0.6 is 0 Å². The predicted octanol–water partition coefficient (Wildman–Crippen LogP) is 1.80. The van der Waals surface area contributed by atoms with Crippen LogP contribution in [0.3, 0.4) is 0 Å². The van der Waals surface area contributed by atoms with Gasteiger partial charge in [-0.05, 0) is 30.7 Å². The van der Waals surface area contributed by atoms with E-state index in [1.54, 1.807) is 6.92 Å². The molecule has 0 heterocycles. The van der Waals surface area contributed by atoms with Gasteiger partial charge in [0.2, 0.25) is 0 Å². The molecular formula is C12H15F3N2O. The van der Waals surface area contributed by atoms with Crippen LogP contribution in [0.2, 0.25) is 0 Å². The van der Waals surface area contributed by atoms with E-state index in [4.69, 9.17) is 5.73 Å². The van der Waals surface area contributed by atoms with Crippen LogP contribution in [0.25, 0.3) is 0 Å². The Hall–Kier alpha value is -1.56. The molecule has 0 fully saturated rings. The maximum absolute atomic E-state index is 12.9. The maximum Gasteiger partial charge on any atom is 0.255 e. The lowest BCUT2D eigenvalue weighted by molar-refractivity contribution is 0.0562. The first-order chi connectivity index (χ1) is 8.45. The number of rotatable bonds is 5. The molecule has 1 aromatic rings. The molecule has 0 atom stereocenters. The van der Waals surface area contributed by atoms with Gasteiger partial charge in [0.25, 0.3) is 12.3 Å². The zero-order valence-corrected chi connectivity index (χ0v) is 10.00. The highest BCUT2D eigenvalue weighted by atomic mass is 19.3. The number of hydrogen-bond donors (Lipinski definition) is 1. The monoisotopic (exact) mass is 260 g/mol. The van der Waals surface area contributed by atoms with Crippen molar-refractivity contribution in [3.05, 3.63) is 35.1 Å². The third-order valence-corrected chi connectivity index (χ3v) is 2.46. The average molecular weight is 260 g/mol. The topological polar surface area (TPSA) is 46.3 Å². The molecule has 1 amide bonds. The Bertz CT molecular complexity index is 424. The average Bonchev–Trinajstić information content (AvgIpc) is 2.27. The third-order valence-electron chi connectivity index (χ3n) is 2.46. The van der Waals surface area contributed by atoms with E-state index in [0.717, 1.165) is 11.0 Å². The highest BCUT2D eigenvalue weighted by molar-refractivity contribution is 5.95. The van der Waals surface area contributed by atoms with Crippen molar-refractivity contribution in [1.82, 2.24) is 4.90 Å². The minimum absolute atomic E-state index is 0.0417. The van der Waals surface area contributed by atoms with E-state index in [1.807, 2.05) is 0 Å². The number of benzene rings is 1. The number of amides is 1. The Balaban J connectivity index is 2.94. The number of carbonyl (C=O) groups is 1. The Kier molecular flexibility index (Phi) is 5.15. The minimum Gasteiger partial charge on any atom is -0.332 e. The highest BCUT2D eigenvalue weighted by Gasteiger charge is 2.20. The number of carbonyl (C=O) groups excluding carboxylic acids is 1. The molecule has 0 aliphatic rings. The molecule has 3 nitrogen and oxygen atoms in total. The van der Waals surface area contributed by atoms with Crippen LogP contribution in [0, 0.1) is 12.7 Å². The van der Waals surface area contributed by atoms with Crippen molar-refractivity contribution in [2.24, 2.45) is 5.73 Å². The van der Waals surface area contributed by atoms with E-state index in [1.165, 1.54) is 12.1 Å². The molecule has 18 heavy (non-hydrogen) atoms. The van der Waals surface area contributed by atoms with Gasteiger partial charge in [-0.3, -0.25) is 4.79 Å². The Morgan fingerprint density at radius 3 is 2.61 bits per heavy atom. The fraction of sp³-hybridized carbons (Fsp3) is 0.417. The third kappa shape index (κ3) is 3.73. The number of hydrogen-bond acceptors (Lipinski definition) is 2. The predicted molar refractivity (Wildman–Crippen MR) is 62.1 cm³/mol. The van der Waals surface area contributed by atoms with Crippen molar-refractivity contribution in [2.45, 2.75) is 13.3 Å². The van der Waals surface area contributed by atoms with E-state index in [-0.39, 0.29) is 18.7 Å². The molecule has 1 rings (SSSR count). The van der Waals surface area contributed by atoms with Crippen molar-refractivity contribution in [2.75, 3.05) is 19.6 Å². The van der Waals surface area contributed by atoms with Gasteiger partial charge < -0.3 is 10.6 Å². The van der Waals surface area contributed by atoms with Crippen molar-refractivity contribution >= 4 is 5.91 Å². The fourth-order valence-corrected chi connectivity index (χ4v) is 1.64. The lowest BCUT2D eigenvalue weighted by Crippen LogP contribution is -2.39. The largest absolute Gasteiger partial charge is 0.332 e. The lowest BCUT2D eigenvalue weighted by Gasteiger charge is -2.22. The lowest BCUT2D eigenvalue weighted by atomic mass is 10.1. The summed E-state index contributed by atoms with van der Waals surface area (Å²) in [6.07, 6.45) is -2.62. The first-order valence-corrected chi connectivity index (χ1v) is 5.49. The van der Waals surface area contributed by atoms with Crippen LogP contribution in [0.15, 0.2) is 18.2 Å². The molecular weight excluding hydrogens is 245 g/mol. The summed E-state index contributed by atoms with van der Waals surface area (Å²) in [5.41, 5.74) is 5.91. The number of halogens is 3. The molecule has 0 radical (unpaired) electrons. The van der Waals surface area contributed by atoms with Gasteiger partial charge in [-0.2, -0.15) is 0 Å². The Morgan fingerprint density at radius 1 is 1.44 bits per heavy atom. The molecule has 0 saturated heterocycles. The van der Waals surface area contributed by atoms with Crippen LogP contribution in [0.1, 0.15) is 15.9 Å². The highest BCUT2D eigenvalue weighted by Crippen LogP contribution is 2.13. The Labute approximate surface area is 103 Å². The summed E-state index contributed by atoms with van der Waals surface area (Å²) in [6, 6.07) is 3.61. The van der Waals surface area contributed by atoms with Crippen molar-refractivity contribution in [3.8, 4) is 0 Å². The summed E-state index contributed by atoms with van der Waals surface area (Å²) in [5, 5.41) is 0. The van der Waals surface area contributed by atoms with Crippen LogP contribution in [0.4, 0.5) is 13.2 Å². The van der Waals surface area contributed by atoms with Crippen LogP contribution in [0.5, 0.6) is 0 Å². The van der Waals surface area contributed by atoms with Gasteiger partial charge in [0, 0.05) is 18.7 Å². The van der Waals surface area contributed by atoms with Gasteiger partial charge >= 0.3 is 0 Å². The van der Waals surface area contributed by atoms with Gasteiger partial charge in [0.1, 0.15) is 5.82 Å². The maximum atomic E-state index is 12.9. The van der Waals surface area contributed by atoms with Gasteiger partial charge in [0.05, 0.1) is 6.54 Å². The number of alkyl halides is 2. The fourth-order valence-electron chi connectivity index (χ4n) is 1.64. The second kappa shape index (κ2) is 6.39. The van der Waals surface area contributed by atoms with Crippen molar-refractivity contribution in [1.29, 1.82) is 0 Å². The van der Waals surface area contributed by atoms with Crippen LogP contribution in [-0.4, -0.2) is 36.9 Å². The summed E-state index contributed by atoms with van der Waals surface area (Å²) in [7, 11) is 0. The zero-order chi connectivity index (χ0) is 13.7. The quantitative estimate of drug-likeness (QED) is 0.877. The Morgan fingerprint density at radius 2 is 2.11 bits per heavy atom. The molecule has 0 spiro atoms. The number of nitrogens with zero attached hydrogens (tertiary/aromatic N) is 1. The normalized spacial score (nSPS) is 10.8. The van der Waals surface area contributed by atoms with E-state index >= 15 is 0 Å². The first kappa shape index (κ1) is 14.5. The van der Waals surface area contributed by atoms with E-state index in [0.29, 0.717) is 5.56 Å². The van der Waals surface area contributed by atoms with E-state index in [9.17, 15) is 18.0 Å². The van der Waals surface area contributed by atoms with Crippen LogP contribution < -0.4 is 5.73 Å². The molecule has 0 saturated carbocycles. The second-order valence-corrected chi connectivity index (χ2v) is 3.89. The smallest absolute Gasteiger partial charge is 0.255 e. The van der Waals surface area contributed by atoms with Gasteiger partial charge in [-0.1, -0.05) is 0 Å². The van der Waals surface area contributed by atoms with Crippen LogP contribution in [-0.2, 0) is 0 Å². The molecule has 0 aromatic heterocycles. The molecule has 2 N–H and O–H groups in total. The molecule has 0 aliphatic carbocycles. The number of aryl methyl sites for hydroxylation is 1. The molecule has 6 heteroatoms. The summed E-state index contributed by atoms with van der Waals surface area (Å²) in [5.74, 6) is -1.03. The van der Waals surface area contributed by atoms with Gasteiger partial charge in [-0.25, -0.2) is 13.2 Å².